The number of benzene rings is 2. The minimum Gasteiger partial charge on any atom is -0.451 e. The fourth-order valence-electron chi connectivity index (χ4n) is 4.19. The Morgan fingerprint density at radius 3 is 2.50 bits per heavy atom. The fraction of sp³-hybridized carbons (Fsp3) is 0.115. The van der Waals surface area contributed by atoms with Crippen LogP contribution >= 0.6 is 11.3 Å². The van der Waals surface area contributed by atoms with Crippen LogP contribution in [0.25, 0.3) is 39.1 Å². The molecular formula is C26H17NO4S. The van der Waals surface area contributed by atoms with Crippen molar-refractivity contribution in [3.8, 4) is 11.7 Å². The second-order valence-electron chi connectivity index (χ2n) is 7.88. The van der Waals surface area contributed by atoms with Gasteiger partial charge in [0.1, 0.15) is 5.58 Å². The number of thiophene rings is 1. The first-order chi connectivity index (χ1) is 15.5. The lowest BCUT2D eigenvalue weighted by Gasteiger charge is -2.04. The van der Waals surface area contributed by atoms with Gasteiger partial charge in [0, 0.05) is 27.5 Å². The summed E-state index contributed by atoms with van der Waals surface area (Å²) in [6.07, 6.45) is 2.47. The monoisotopic (exact) mass is 439 g/mol. The van der Waals surface area contributed by atoms with Crippen molar-refractivity contribution in [3.63, 3.8) is 0 Å². The van der Waals surface area contributed by atoms with E-state index in [0.717, 1.165) is 33.4 Å². The summed E-state index contributed by atoms with van der Waals surface area (Å²) in [6, 6.07) is 15.1. The van der Waals surface area contributed by atoms with Crippen molar-refractivity contribution in [2.75, 3.05) is 0 Å². The minimum absolute atomic E-state index is 0.189. The van der Waals surface area contributed by atoms with Crippen molar-refractivity contribution in [1.29, 1.82) is 0 Å². The first kappa shape index (κ1) is 19.0. The van der Waals surface area contributed by atoms with Crippen LogP contribution in [0, 0.1) is 6.92 Å². The normalized spacial score (nSPS) is 14.9. The van der Waals surface area contributed by atoms with Gasteiger partial charge in [-0.2, -0.15) is 4.98 Å². The van der Waals surface area contributed by atoms with Crippen LogP contribution in [-0.4, -0.2) is 16.6 Å². The Kier molecular flexibility index (Phi) is 4.07. The van der Waals surface area contributed by atoms with Crippen molar-refractivity contribution >= 4 is 50.4 Å². The number of hydrogen-bond acceptors (Lipinski definition) is 6. The third-order valence-corrected chi connectivity index (χ3v) is 6.82. The molecule has 3 aromatic heterocycles. The first-order valence-electron chi connectivity index (χ1n) is 10.4. The Hall–Kier alpha value is -3.77. The van der Waals surface area contributed by atoms with Gasteiger partial charge in [0.2, 0.25) is 0 Å². The molecule has 6 heteroatoms. The number of carbonyl (C=O) groups is 2. The molecule has 0 unspecified atom stereocenters. The van der Waals surface area contributed by atoms with E-state index in [4.69, 9.17) is 8.83 Å². The average molecular weight is 439 g/mol. The molecule has 5 nitrogen and oxygen atoms in total. The summed E-state index contributed by atoms with van der Waals surface area (Å²) in [7, 11) is 0. The van der Waals surface area contributed by atoms with Crippen LogP contribution in [0.5, 0.6) is 0 Å². The van der Waals surface area contributed by atoms with Crippen LogP contribution in [0.2, 0.25) is 0 Å². The number of rotatable bonds is 3. The molecule has 32 heavy (non-hydrogen) atoms. The van der Waals surface area contributed by atoms with Gasteiger partial charge in [0.15, 0.2) is 27.7 Å². The Bertz CT molecular complexity index is 1550. The highest BCUT2D eigenvalue weighted by atomic mass is 32.1. The standard InChI is InChI=1S/C26H17NO4S/c1-3-14-9-18-17(8-13(14)2)23(28)19(24(18)29)11-16-12-22-26(32-16)27-25(31-22)21-10-15-6-4-5-7-20(15)30-21/h4-12H,3H2,1-2H3/b19-11-. The van der Waals surface area contributed by atoms with E-state index in [-0.39, 0.29) is 17.1 Å². The van der Waals surface area contributed by atoms with Gasteiger partial charge in [-0.1, -0.05) is 25.1 Å². The fourth-order valence-corrected chi connectivity index (χ4v) is 5.09. The molecule has 0 fully saturated rings. The van der Waals surface area contributed by atoms with Crippen LogP contribution in [-0.2, 0) is 6.42 Å². The van der Waals surface area contributed by atoms with Gasteiger partial charge in [-0.25, -0.2) is 0 Å². The summed E-state index contributed by atoms with van der Waals surface area (Å²) in [6.45, 7) is 4.01. The number of hydrogen-bond donors (Lipinski definition) is 0. The zero-order valence-corrected chi connectivity index (χ0v) is 18.2. The summed E-state index contributed by atoms with van der Waals surface area (Å²) in [5.74, 6) is 0.523. The van der Waals surface area contributed by atoms with Crippen molar-refractivity contribution < 1.29 is 18.4 Å². The third-order valence-electron chi connectivity index (χ3n) is 5.87. The Labute approximate surface area is 187 Å². The van der Waals surface area contributed by atoms with Crippen molar-refractivity contribution in [2.24, 2.45) is 0 Å². The second kappa shape index (κ2) is 6.87. The van der Waals surface area contributed by atoms with E-state index in [1.165, 1.54) is 11.3 Å². The summed E-state index contributed by atoms with van der Waals surface area (Å²) < 4.78 is 11.7. The number of aromatic nitrogens is 1. The lowest BCUT2D eigenvalue weighted by atomic mass is 9.99. The van der Waals surface area contributed by atoms with Gasteiger partial charge in [-0.15, -0.1) is 11.3 Å². The molecule has 3 heterocycles. The highest BCUT2D eigenvalue weighted by molar-refractivity contribution is 7.19. The van der Waals surface area contributed by atoms with E-state index in [9.17, 15) is 9.59 Å². The summed E-state index contributed by atoms with van der Waals surface area (Å²) in [5, 5.41) is 0.980. The number of allylic oxidation sites excluding steroid dienone is 1. The Balaban J connectivity index is 1.36. The number of oxazole rings is 1. The molecule has 0 bridgehead atoms. The van der Waals surface area contributed by atoms with Crippen molar-refractivity contribution in [1.82, 2.24) is 4.98 Å². The van der Waals surface area contributed by atoms with Gasteiger partial charge < -0.3 is 8.83 Å². The smallest absolute Gasteiger partial charge is 0.264 e. The van der Waals surface area contributed by atoms with E-state index < -0.39 is 0 Å². The number of aryl methyl sites for hydroxylation is 2. The van der Waals surface area contributed by atoms with E-state index in [1.54, 1.807) is 12.1 Å². The van der Waals surface area contributed by atoms with Gasteiger partial charge in [-0.3, -0.25) is 9.59 Å². The van der Waals surface area contributed by atoms with Gasteiger partial charge in [0.25, 0.3) is 5.89 Å². The maximum Gasteiger partial charge on any atom is 0.264 e. The summed E-state index contributed by atoms with van der Waals surface area (Å²) in [4.78, 5) is 31.8. The van der Waals surface area contributed by atoms with Crippen LogP contribution in [0.1, 0.15) is 43.6 Å². The maximum atomic E-state index is 12.9. The average Bonchev–Trinajstić information content (AvgIpc) is 3.52. The largest absolute Gasteiger partial charge is 0.451 e. The summed E-state index contributed by atoms with van der Waals surface area (Å²) >= 11 is 1.37. The molecule has 0 saturated carbocycles. The predicted molar refractivity (Wildman–Crippen MR) is 124 cm³/mol. The number of fused-ring (bicyclic) bond motifs is 3. The van der Waals surface area contributed by atoms with Gasteiger partial charge in [0.05, 0.1) is 5.57 Å². The molecule has 0 radical (unpaired) electrons. The zero-order chi connectivity index (χ0) is 22.0. The molecule has 0 spiro atoms. The number of carbonyl (C=O) groups excluding carboxylic acids is 2. The topological polar surface area (TPSA) is 73.3 Å². The maximum absolute atomic E-state index is 12.9. The molecule has 5 aromatic rings. The molecule has 0 amide bonds. The second-order valence-corrected chi connectivity index (χ2v) is 8.94. The number of para-hydroxylation sites is 1. The Morgan fingerprint density at radius 1 is 0.969 bits per heavy atom. The molecule has 0 atom stereocenters. The summed E-state index contributed by atoms with van der Waals surface area (Å²) in [5.41, 5.74) is 4.65. The Morgan fingerprint density at radius 2 is 1.75 bits per heavy atom. The van der Waals surface area contributed by atoms with Crippen LogP contribution < -0.4 is 0 Å². The zero-order valence-electron chi connectivity index (χ0n) is 17.4. The number of ketones is 2. The molecule has 0 N–H and O–H groups in total. The van der Waals surface area contributed by atoms with Crippen LogP contribution in [0.15, 0.2) is 62.9 Å². The first-order valence-corrected chi connectivity index (χ1v) is 11.2. The molecule has 0 saturated heterocycles. The number of furan rings is 1. The minimum atomic E-state index is -0.225. The van der Waals surface area contributed by atoms with E-state index in [0.29, 0.717) is 33.2 Å². The predicted octanol–water partition coefficient (Wildman–Crippen LogP) is 6.64. The molecule has 1 aliphatic rings. The number of Topliss-reactive ketones (excluding diaryl/α,β-unsaturated/α-hetero) is 2. The highest BCUT2D eigenvalue weighted by Crippen LogP contribution is 2.36. The van der Waals surface area contributed by atoms with Crippen molar-refractivity contribution in [2.45, 2.75) is 20.3 Å². The molecule has 1 aliphatic carbocycles. The SMILES string of the molecule is CCc1cc2c(cc1C)C(=O)/C(=C/c1cc3oc(-c4cc5ccccc5o4)nc3s1)C2=O. The van der Waals surface area contributed by atoms with Crippen LogP contribution in [0.3, 0.4) is 0 Å². The van der Waals surface area contributed by atoms with Gasteiger partial charge >= 0.3 is 0 Å². The molecule has 0 aliphatic heterocycles. The molecular weight excluding hydrogens is 422 g/mol. The quantitative estimate of drug-likeness (QED) is 0.233. The number of nitrogens with zero attached hydrogens (tertiary/aromatic N) is 1. The van der Waals surface area contributed by atoms with E-state index >= 15 is 0 Å². The van der Waals surface area contributed by atoms with Crippen LogP contribution in [0.4, 0.5) is 0 Å². The van der Waals surface area contributed by atoms with Crippen molar-refractivity contribution in [3.05, 3.63) is 81.2 Å². The molecule has 2 aromatic carbocycles. The van der Waals surface area contributed by atoms with E-state index in [2.05, 4.69) is 4.98 Å². The lowest BCUT2D eigenvalue weighted by Crippen LogP contribution is -1.99. The molecule has 156 valence electrons. The molecule has 6 rings (SSSR count). The highest BCUT2D eigenvalue weighted by Gasteiger charge is 2.34. The third kappa shape index (κ3) is 2.80. The van der Waals surface area contributed by atoms with Gasteiger partial charge in [-0.05, 0) is 54.8 Å². The lowest BCUT2D eigenvalue weighted by molar-refractivity contribution is 0.0990. The van der Waals surface area contributed by atoms with E-state index in [1.807, 2.05) is 56.3 Å².